The smallest absolute Gasteiger partial charge is 0.416 e. The van der Waals surface area contributed by atoms with Gasteiger partial charge in [-0.2, -0.15) is 17.5 Å². The van der Waals surface area contributed by atoms with Crippen LogP contribution in [0.4, 0.5) is 13.2 Å². The first-order valence-electron chi connectivity index (χ1n) is 9.78. The van der Waals surface area contributed by atoms with Crippen molar-refractivity contribution in [2.45, 2.75) is 31.0 Å². The molecule has 1 aliphatic rings. The topological polar surface area (TPSA) is 66.9 Å². The summed E-state index contributed by atoms with van der Waals surface area (Å²) < 4.78 is 71.6. The molecule has 1 amide bonds. The van der Waals surface area contributed by atoms with Gasteiger partial charge in [-0.1, -0.05) is 29.3 Å². The third-order valence-corrected chi connectivity index (χ3v) is 7.49. The van der Waals surface area contributed by atoms with E-state index in [4.69, 9.17) is 16.3 Å². The van der Waals surface area contributed by atoms with Crippen molar-refractivity contribution in [1.82, 2.24) is 9.21 Å². The van der Waals surface area contributed by atoms with Gasteiger partial charge in [0.15, 0.2) is 6.10 Å². The normalized spacial score (nSPS) is 16.6. The highest BCUT2D eigenvalue weighted by molar-refractivity contribution is 7.89. The van der Waals surface area contributed by atoms with Gasteiger partial charge in [0, 0.05) is 26.2 Å². The van der Waals surface area contributed by atoms with Gasteiger partial charge in [0.05, 0.1) is 10.6 Å². The number of nitrogens with zero attached hydrogens (tertiary/aromatic N) is 2. The highest BCUT2D eigenvalue weighted by atomic mass is 35.5. The molecule has 0 N–H and O–H groups in total. The lowest BCUT2D eigenvalue weighted by Crippen LogP contribution is -2.53. The molecule has 2 aromatic carbocycles. The fourth-order valence-electron chi connectivity index (χ4n) is 3.29. The predicted octanol–water partition coefficient (Wildman–Crippen LogP) is 3.97. The number of amides is 1. The Hall–Kier alpha value is -2.30. The van der Waals surface area contributed by atoms with Crippen molar-refractivity contribution >= 4 is 27.5 Å². The van der Waals surface area contributed by atoms with E-state index in [1.54, 1.807) is 19.1 Å². The van der Waals surface area contributed by atoms with Crippen molar-refractivity contribution in [3.63, 3.8) is 0 Å². The number of hydrogen-bond acceptors (Lipinski definition) is 4. The maximum atomic E-state index is 13.0. The Kier molecular flexibility index (Phi) is 7.06. The van der Waals surface area contributed by atoms with Gasteiger partial charge in [0.1, 0.15) is 10.6 Å². The van der Waals surface area contributed by atoms with Crippen molar-refractivity contribution in [2.75, 3.05) is 26.2 Å². The van der Waals surface area contributed by atoms with Crippen molar-refractivity contribution in [3.8, 4) is 5.75 Å². The number of sulfonamides is 1. The summed E-state index contributed by atoms with van der Waals surface area (Å²) in [6.45, 7) is 3.55. The Labute approximate surface area is 189 Å². The minimum atomic E-state index is -4.70. The molecule has 1 fully saturated rings. The number of alkyl halides is 3. The first kappa shape index (κ1) is 24.3. The van der Waals surface area contributed by atoms with Crippen LogP contribution in [0.25, 0.3) is 0 Å². The SMILES string of the molecule is Cc1ccc(OC(C)C(=O)N2CCN(S(=O)(=O)c3cc(C(F)(F)F)ccc3Cl)CC2)cc1. The van der Waals surface area contributed by atoms with E-state index in [1.165, 1.54) is 4.90 Å². The van der Waals surface area contributed by atoms with Crippen LogP contribution in [0, 0.1) is 6.92 Å². The van der Waals surface area contributed by atoms with Gasteiger partial charge in [-0.25, -0.2) is 8.42 Å². The second kappa shape index (κ2) is 9.29. The number of aryl methyl sites for hydroxylation is 1. The Balaban J connectivity index is 1.67. The van der Waals surface area contributed by atoms with Crippen LogP contribution in [-0.2, 0) is 21.0 Å². The zero-order valence-corrected chi connectivity index (χ0v) is 19.0. The van der Waals surface area contributed by atoms with E-state index in [0.29, 0.717) is 11.8 Å². The lowest BCUT2D eigenvalue weighted by molar-refractivity contribution is -0.139. The van der Waals surface area contributed by atoms with Gasteiger partial charge in [-0.15, -0.1) is 0 Å². The Bertz CT molecular complexity index is 1080. The average Bonchev–Trinajstić information content (AvgIpc) is 2.74. The van der Waals surface area contributed by atoms with Gasteiger partial charge >= 0.3 is 6.18 Å². The van der Waals surface area contributed by atoms with Crippen molar-refractivity contribution in [3.05, 3.63) is 58.6 Å². The lowest BCUT2D eigenvalue weighted by atomic mass is 10.2. The van der Waals surface area contributed by atoms with Crippen molar-refractivity contribution in [2.24, 2.45) is 0 Å². The molecule has 1 unspecified atom stereocenters. The summed E-state index contributed by atoms with van der Waals surface area (Å²) in [6, 6.07) is 9.40. The number of carbonyl (C=O) groups is 1. The number of ether oxygens (including phenoxy) is 1. The van der Waals surface area contributed by atoms with Crippen molar-refractivity contribution < 1.29 is 31.1 Å². The largest absolute Gasteiger partial charge is 0.481 e. The van der Waals surface area contributed by atoms with Crippen LogP contribution in [0.5, 0.6) is 5.75 Å². The molecule has 1 saturated heterocycles. The molecule has 0 aliphatic carbocycles. The van der Waals surface area contributed by atoms with E-state index in [1.807, 2.05) is 19.1 Å². The van der Waals surface area contributed by atoms with Gasteiger partial charge in [0.25, 0.3) is 5.91 Å². The van der Waals surface area contributed by atoms with Crippen molar-refractivity contribution in [1.29, 1.82) is 0 Å². The number of halogens is 4. The molecule has 2 aromatic rings. The molecule has 0 bridgehead atoms. The molecule has 1 aliphatic heterocycles. The highest BCUT2D eigenvalue weighted by Crippen LogP contribution is 2.34. The van der Waals surface area contributed by atoms with Crippen LogP contribution in [0.2, 0.25) is 5.02 Å². The Morgan fingerprint density at radius 1 is 1.06 bits per heavy atom. The summed E-state index contributed by atoms with van der Waals surface area (Å²) in [6.07, 6.45) is -5.48. The minimum Gasteiger partial charge on any atom is -0.481 e. The Morgan fingerprint density at radius 3 is 2.22 bits per heavy atom. The monoisotopic (exact) mass is 490 g/mol. The van der Waals surface area contributed by atoms with E-state index >= 15 is 0 Å². The molecule has 1 atom stereocenters. The zero-order chi connectivity index (χ0) is 23.7. The standard InChI is InChI=1S/C21H22ClF3N2O4S/c1-14-3-6-17(7-4-14)31-15(2)20(28)26-9-11-27(12-10-26)32(29,30)19-13-16(21(23,24)25)5-8-18(19)22/h3-8,13,15H,9-12H2,1-2H3. The molecule has 0 aromatic heterocycles. The average molecular weight is 491 g/mol. The third kappa shape index (κ3) is 5.36. The van der Waals surface area contributed by atoms with Crippen LogP contribution in [0.15, 0.2) is 47.4 Å². The van der Waals surface area contributed by atoms with Gasteiger partial charge in [0.2, 0.25) is 10.0 Å². The molecule has 174 valence electrons. The first-order chi connectivity index (χ1) is 14.9. The van der Waals surface area contributed by atoms with Crippen LogP contribution in [-0.4, -0.2) is 55.8 Å². The van der Waals surface area contributed by atoms with E-state index in [0.717, 1.165) is 22.0 Å². The number of piperazine rings is 1. The molecule has 1 heterocycles. The number of rotatable bonds is 5. The maximum absolute atomic E-state index is 13.0. The minimum absolute atomic E-state index is 0.0715. The summed E-state index contributed by atoms with van der Waals surface area (Å²) >= 11 is 5.90. The summed E-state index contributed by atoms with van der Waals surface area (Å²) in [4.78, 5) is 13.6. The fraction of sp³-hybridized carbons (Fsp3) is 0.381. The molecular formula is C21H22ClF3N2O4S. The molecule has 0 spiro atoms. The first-order valence-corrected chi connectivity index (χ1v) is 11.6. The molecular weight excluding hydrogens is 469 g/mol. The summed E-state index contributed by atoms with van der Waals surface area (Å²) in [5.41, 5.74) is -0.0501. The van der Waals surface area contributed by atoms with Crippen LogP contribution < -0.4 is 4.74 Å². The zero-order valence-electron chi connectivity index (χ0n) is 17.4. The number of hydrogen-bond donors (Lipinski definition) is 0. The van der Waals surface area contributed by atoms with Gasteiger partial charge in [-0.05, 0) is 44.2 Å². The number of carbonyl (C=O) groups excluding carboxylic acids is 1. The maximum Gasteiger partial charge on any atom is 0.416 e. The highest BCUT2D eigenvalue weighted by Gasteiger charge is 2.36. The van der Waals surface area contributed by atoms with Gasteiger partial charge in [-0.3, -0.25) is 4.79 Å². The van der Waals surface area contributed by atoms with Gasteiger partial charge < -0.3 is 9.64 Å². The van der Waals surface area contributed by atoms with Crippen LogP contribution in [0.1, 0.15) is 18.1 Å². The van der Waals surface area contributed by atoms with Crippen LogP contribution >= 0.6 is 11.6 Å². The van der Waals surface area contributed by atoms with E-state index < -0.39 is 32.8 Å². The quantitative estimate of drug-likeness (QED) is 0.636. The fourth-order valence-corrected chi connectivity index (χ4v) is 5.22. The summed E-state index contributed by atoms with van der Waals surface area (Å²) in [5.74, 6) is 0.233. The lowest BCUT2D eigenvalue weighted by Gasteiger charge is -2.35. The molecule has 32 heavy (non-hydrogen) atoms. The number of benzene rings is 2. The summed E-state index contributed by atoms with van der Waals surface area (Å²) in [7, 11) is -4.27. The predicted molar refractivity (Wildman–Crippen MR) is 113 cm³/mol. The molecule has 0 saturated carbocycles. The van der Waals surface area contributed by atoms with E-state index in [-0.39, 0.29) is 37.1 Å². The molecule has 3 rings (SSSR count). The molecule has 0 radical (unpaired) electrons. The molecule has 11 heteroatoms. The van der Waals surface area contributed by atoms with E-state index in [9.17, 15) is 26.4 Å². The second-order valence-electron chi connectivity index (χ2n) is 7.45. The third-order valence-electron chi connectivity index (χ3n) is 5.11. The van der Waals surface area contributed by atoms with Crippen LogP contribution in [0.3, 0.4) is 0 Å². The second-order valence-corrected chi connectivity index (χ2v) is 9.76. The Morgan fingerprint density at radius 2 is 1.66 bits per heavy atom. The van der Waals surface area contributed by atoms with E-state index in [2.05, 4.69) is 0 Å². The summed E-state index contributed by atoms with van der Waals surface area (Å²) in [5, 5.41) is -0.295. The molecule has 6 nitrogen and oxygen atoms in total.